The molecular weight excluding hydrogens is 482 g/mol. The van der Waals surface area contributed by atoms with E-state index in [0.717, 1.165) is 11.3 Å². The van der Waals surface area contributed by atoms with Gasteiger partial charge in [-0.25, -0.2) is 4.79 Å². The van der Waals surface area contributed by atoms with Gasteiger partial charge < -0.3 is 20.8 Å². The van der Waals surface area contributed by atoms with Gasteiger partial charge in [-0.2, -0.15) is 0 Å². The van der Waals surface area contributed by atoms with E-state index in [1.807, 2.05) is 12.1 Å². The summed E-state index contributed by atoms with van der Waals surface area (Å²) in [7, 11) is 0. The Labute approximate surface area is 222 Å². The van der Waals surface area contributed by atoms with Crippen LogP contribution in [-0.2, 0) is 11.3 Å². The first kappa shape index (κ1) is 26.7. The van der Waals surface area contributed by atoms with Crippen LogP contribution in [0.15, 0.2) is 72.8 Å². The van der Waals surface area contributed by atoms with Crippen molar-refractivity contribution in [2.24, 2.45) is 0 Å². The number of anilines is 2. The summed E-state index contributed by atoms with van der Waals surface area (Å²) in [6.45, 7) is 0.310. The SMILES string of the molecule is O=C(O)CCNC(=O)c1ccc(CN(C(=O)Nc2cccc(O)c2)c2ccc(C3CCCCC3)cc2)cc1. The number of aliphatic carboxylic acids is 1. The molecule has 8 heteroatoms. The van der Waals surface area contributed by atoms with Crippen molar-refractivity contribution in [1.82, 2.24) is 5.32 Å². The number of benzene rings is 3. The van der Waals surface area contributed by atoms with Gasteiger partial charge in [0.05, 0.1) is 13.0 Å². The van der Waals surface area contributed by atoms with E-state index in [2.05, 4.69) is 22.8 Å². The number of nitrogens with zero attached hydrogens (tertiary/aromatic N) is 1. The third-order valence-corrected chi connectivity index (χ3v) is 6.81. The fourth-order valence-electron chi connectivity index (χ4n) is 4.75. The van der Waals surface area contributed by atoms with Crippen LogP contribution in [-0.4, -0.2) is 34.7 Å². The monoisotopic (exact) mass is 515 g/mol. The minimum Gasteiger partial charge on any atom is -0.508 e. The molecule has 4 rings (SSSR count). The Bertz CT molecular complexity index is 1250. The fourth-order valence-corrected chi connectivity index (χ4v) is 4.75. The van der Waals surface area contributed by atoms with Crippen molar-refractivity contribution in [2.75, 3.05) is 16.8 Å². The third-order valence-electron chi connectivity index (χ3n) is 6.81. The number of aromatic hydroxyl groups is 1. The van der Waals surface area contributed by atoms with Gasteiger partial charge in [-0.1, -0.05) is 49.6 Å². The third kappa shape index (κ3) is 7.35. The minimum absolute atomic E-state index is 0.0513. The van der Waals surface area contributed by atoms with Gasteiger partial charge in [-0.3, -0.25) is 14.5 Å². The molecule has 0 aromatic heterocycles. The van der Waals surface area contributed by atoms with Crippen molar-refractivity contribution < 1.29 is 24.6 Å². The Morgan fingerprint density at radius 2 is 1.61 bits per heavy atom. The first-order valence-electron chi connectivity index (χ1n) is 13.0. The number of hydrogen-bond donors (Lipinski definition) is 4. The summed E-state index contributed by atoms with van der Waals surface area (Å²) in [5.41, 5.74) is 3.73. The normalized spacial score (nSPS) is 13.5. The molecule has 0 aliphatic heterocycles. The van der Waals surface area contributed by atoms with E-state index in [-0.39, 0.29) is 37.2 Å². The second kappa shape index (κ2) is 12.8. The highest BCUT2D eigenvalue weighted by molar-refractivity contribution is 6.01. The molecule has 0 heterocycles. The highest BCUT2D eigenvalue weighted by atomic mass is 16.4. The Balaban J connectivity index is 1.51. The molecule has 38 heavy (non-hydrogen) atoms. The summed E-state index contributed by atoms with van der Waals surface area (Å²) in [5, 5.41) is 24.0. The van der Waals surface area contributed by atoms with Gasteiger partial charge in [0.1, 0.15) is 5.75 Å². The Morgan fingerprint density at radius 1 is 0.895 bits per heavy atom. The van der Waals surface area contributed by atoms with E-state index >= 15 is 0 Å². The molecule has 3 aromatic rings. The minimum atomic E-state index is -0.975. The average Bonchev–Trinajstić information content (AvgIpc) is 2.92. The van der Waals surface area contributed by atoms with Gasteiger partial charge in [-0.15, -0.1) is 0 Å². The quantitative estimate of drug-likeness (QED) is 0.284. The highest BCUT2D eigenvalue weighted by Gasteiger charge is 2.20. The molecule has 1 aliphatic rings. The zero-order valence-electron chi connectivity index (χ0n) is 21.2. The molecule has 1 aliphatic carbocycles. The van der Waals surface area contributed by atoms with Crippen LogP contribution in [0.3, 0.4) is 0 Å². The van der Waals surface area contributed by atoms with Crippen LogP contribution in [0.4, 0.5) is 16.2 Å². The lowest BCUT2D eigenvalue weighted by Crippen LogP contribution is -2.34. The van der Waals surface area contributed by atoms with Gasteiger partial charge >= 0.3 is 12.0 Å². The van der Waals surface area contributed by atoms with Crippen molar-refractivity contribution in [3.63, 3.8) is 0 Å². The van der Waals surface area contributed by atoms with Crippen molar-refractivity contribution in [3.8, 4) is 5.75 Å². The van der Waals surface area contributed by atoms with Gasteiger partial charge in [0.15, 0.2) is 0 Å². The molecule has 0 spiro atoms. The van der Waals surface area contributed by atoms with E-state index in [1.165, 1.54) is 49.8 Å². The second-order valence-corrected chi connectivity index (χ2v) is 9.59. The molecule has 0 bridgehead atoms. The number of rotatable bonds is 9. The van der Waals surface area contributed by atoms with Gasteiger partial charge in [0.25, 0.3) is 5.91 Å². The fraction of sp³-hybridized carbons (Fsp3) is 0.300. The standard InChI is InChI=1S/C30H33N3O5/c34-27-8-4-7-25(19-27)32-30(38)33(26-15-13-23(14-16-26)22-5-2-1-3-6-22)20-21-9-11-24(12-10-21)29(37)31-18-17-28(35)36/h4,7-16,19,22,34H,1-3,5-6,17-18,20H2,(H,31,37)(H,32,38)(H,35,36). The molecule has 198 valence electrons. The zero-order chi connectivity index (χ0) is 26.9. The van der Waals surface area contributed by atoms with Crippen LogP contribution < -0.4 is 15.5 Å². The van der Waals surface area contributed by atoms with Crippen LogP contribution in [0.1, 0.15) is 65.9 Å². The largest absolute Gasteiger partial charge is 0.508 e. The number of phenolic OH excluding ortho intramolecular Hbond substituents is 1. The molecule has 0 radical (unpaired) electrons. The lowest BCUT2D eigenvalue weighted by atomic mass is 9.84. The lowest BCUT2D eigenvalue weighted by molar-refractivity contribution is -0.136. The van der Waals surface area contributed by atoms with E-state index < -0.39 is 5.97 Å². The molecule has 0 atom stereocenters. The molecular formula is C30H33N3O5. The number of carboxylic acids is 1. The lowest BCUT2D eigenvalue weighted by Gasteiger charge is -2.26. The van der Waals surface area contributed by atoms with E-state index in [4.69, 9.17) is 5.11 Å². The summed E-state index contributed by atoms with van der Waals surface area (Å²) in [6.07, 6.45) is 6.03. The summed E-state index contributed by atoms with van der Waals surface area (Å²) in [5.74, 6) is -0.712. The van der Waals surface area contributed by atoms with E-state index in [9.17, 15) is 19.5 Å². The number of urea groups is 1. The van der Waals surface area contributed by atoms with Crippen molar-refractivity contribution in [1.29, 1.82) is 0 Å². The summed E-state index contributed by atoms with van der Waals surface area (Å²) < 4.78 is 0. The number of hydrogen-bond acceptors (Lipinski definition) is 4. The van der Waals surface area contributed by atoms with Crippen LogP contribution in [0.2, 0.25) is 0 Å². The van der Waals surface area contributed by atoms with Crippen LogP contribution >= 0.6 is 0 Å². The molecule has 3 amide bonds. The molecule has 0 saturated heterocycles. The molecule has 3 aromatic carbocycles. The number of carboxylic acid groups (broad SMARTS) is 1. The van der Waals surface area contributed by atoms with Gasteiger partial charge in [-0.05, 0) is 66.3 Å². The number of amides is 3. The zero-order valence-corrected chi connectivity index (χ0v) is 21.2. The van der Waals surface area contributed by atoms with Crippen molar-refractivity contribution in [3.05, 3.63) is 89.5 Å². The predicted molar refractivity (Wildman–Crippen MR) is 147 cm³/mol. The number of carbonyl (C=O) groups is 3. The summed E-state index contributed by atoms with van der Waals surface area (Å²) in [4.78, 5) is 38.0. The number of phenols is 1. The number of nitrogens with one attached hydrogen (secondary N) is 2. The molecule has 4 N–H and O–H groups in total. The molecule has 1 saturated carbocycles. The molecule has 8 nitrogen and oxygen atoms in total. The first-order chi connectivity index (χ1) is 18.4. The van der Waals surface area contributed by atoms with E-state index in [1.54, 1.807) is 41.3 Å². The van der Waals surface area contributed by atoms with Crippen LogP contribution in [0.5, 0.6) is 5.75 Å². The summed E-state index contributed by atoms with van der Waals surface area (Å²) in [6, 6.07) is 21.0. The second-order valence-electron chi connectivity index (χ2n) is 9.59. The van der Waals surface area contributed by atoms with Crippen molar-refractivity contribution in [2.45, 2.75) is 51.0 Å². The van der Waals surface area contributed by atoms with E-state index in [0.29, 0.717) is 17.2 Å². The van der Waals surface area contributed by atoms with Crippen molar-refractivity contribution >= 4 is 29.3 Å². The smallest absolute Gasteiger partial charge is 0.326 e. The van der Waals surface area contributed by atoms with Gasteiger partial charge in [0.2, 0.25) is 0 Å². The first-order valence-corrected chi connectivity index (χ1v) is 13.0. The summed E-state index contributed by atoms with van der Waals surface area (Å²) >= 11 is 0. The Kier molecular flexibility index (Phi) is 8.98. The van der Waals surface area contributed by atoms with Gasteiger partial charge in [0, 0.05) is 29.5 Å². The average molecular weight is 516 g/mol. The maximum absolute atomic E-state index is 13.4. The maximum atomic E-state index is 13.4. The molecule has 1 fully saturated rings. The Morgan fingerprint density at radius 3 is 2.26 bits per heavy atom. The topological polar surface area (TPSA) is 119 Å². The molecule has 0 unspecified atom stereocenters. The maximum Gasteiger partial charge on any atom is 0.326 e. The van der Waals surface area contributed by atoms with Crippen LogP contribution in [0.25, 0.3) is 0 Å². The number of carbonyl (C=O) groups excluding carboxylic acids is 2. The predicted octanol–water partition coefficient (Wildman–Crippen LogP) is 5.88. The Hall–Kier alpha value is -4.33. The highest BCUT2D eigenvalue weighted by Crippen LogP contribution is 2.33. The van der Waals surface area contributed by atoms with Crippen LogP contribution in [0, 0.1) is 0 Å².